The molecule has 1 aliphatic heterocycles. The Bertz CT molecular complexity index is 1450. The number of nitrogens with one attached hydrogen (secondary N) is 2. The number of benzene rings is 1. The number of pyridine rings is 1. The van der Waals surface area contributed by atoms with Crippen molar-refractivity contribution in [3.05, 3.63) is 65.5 Å². The summed E-state index contributed by atoms with van der Waals surface area (Å²) in [5, 5.41) is 9.87. The minimum atomic E-state index is -3.81. The predicted molar refractivity (Wildman–Crippen MR) is 145 cm³/mol. The van der Waals surface area contributed by atoms with Crippen molar-refractivity contribution >= 4 is 25.5 Å². The molecule has 0 bridgehead atoms. The largest absolute Gasteiger partial charge is 0.474 e. The van der Waals surface area contributed by atoms with Crippen LogP contribution in [0.15, 0.2) is 42.7 Å². The second-order valence-corrected chi connectivity index (χ2v) is 11.1. The van der Waals surface area contributed by atoms with Crippen LogP contribution < -0.4 is 10.6 Å². The van der Waals surface area contributed by atoms with Crippen LogP contribution in [0.5, 0.6) is 0 Å². The molecule has 1 aromatic carbocycles. The Morgan fingerprint density at radius 2 is 1.98 bits per heavy atom. The summed E-state index contributed by atoms with van der Waals surface area (Å²) in [4.78, 5) is 31.6. The summed E-state index contributed by atoms with van der Waals surface area (Å²) in [7, 11) is 0.163. The average Bonchev–Trinajstić information content (AvgIpc) is 3.37. The summed E-state index contributed by atoms with van der Waals surface area (Å²) < 4.78 is 56.6. The zero-order valence-electron chi connectivity index (χ0n) is 22.8. The van der Waals surface area contributed by atoms with Gasteiger partial charge in [-0.2, -0.15) is 5.10 Å². The number of hydrogen-bond donors (Lipinski definition) is 2. The first-order valence-corrected chi connectivity index (χ1v) is 14.2. The maximum Gasteiger partial charge on any atom is 0.474 e. The summed E-state index contributed by atoms with van der Waals surface area (Å²) in [6.45, 7) is 0.293. The summed E-state index contributed by atoms with van der Waals surface area (Å²) in [6.07, 6.45) is 4.11. The SMILES string of the molecule is COP(=O)(OC)OCC(=O)N1CC[C@@H]1CNC(=O)c1cc(F)c(-c2cnn(C)c2)nc1NCCc1cccc(F)c1. The summed E-state index contributed by atoms with van der Waals surface area (Å²) in [5.41, 5.74) is 1.16. The van der Waals surface area contributed by atoms with E-state index < -0.39 is 32.1 Å². The highest BCUT2D eigenvalue weighted by atomic mass is 31.2. The van der Waals surface area contributed by atoms with Gasteiger partial charge < -0.3 is 15.5 Å². The molecule has 1 aliphatic rings. The molecule has 0 unspecified atom stereocenters. The molecule has 1 atom stereocenters. The molecule has 220 valence electrons. The molecule has 1 fully saturated rings. The molecule has 2 aromatic heterocycles. The van der Waals surface area contributed by atoms with Gasteiger partial charge in [0.2, 0.25) is 5.91 Å². The van der Waals surface area contributed by atoms with Gasteiger partial charge in [0.15, 0.2) is 5.82 Å². The van der Waals surface area contributed by atoms with Crippen LogP contribution in [0, 0.1) is 11.6 Å². The lowest BCUT2D eigenvalue weighted by Gasteiger charge is -2.41. The number of likely N-dealkylation sites (tertiary alicyclic amines) is 1. The number of carbonyl (C=O) groups is 2. The number of carbonyl (C=O) groups excluding carboxylic acids is 2. The average molecular weight is 593 g/mol. The van der Waals surface area contributed by atoms with E-state index in [-0.39, 0.29) is 35.5 Å². The molecule has 12 nitrogen and oxygen atoms in total. The molecule has 0 aliphatic carbocycles. The molecular formula is C26H31F2N6O6P. The van der Waals surface area contributed by atoms with E-state index in [2.05, 4.69) is 29.8 Å². The molecular weight excluding hydrogens is 561 g/mol. The van der Waals surface area contributed by atoms with Crippen molar-refractivity contribution < 1.29 is 36.5 Å². The molecule has 15 heteroatoms. The molecule has 3 heterocycles. The Labute approximate surface area is 235 Å². The fourth-order valence-electron chi connectivity index (χ4n) is 4.24. The Morgan fingerprint density at radius 3 is 2.61 bits per heavy atom. The highest BCUT2D eigenvalue weighted by Gasteiger charge is 2.34. The summed E-state index contributed by atoms with van der Waals surface area (Å²) >= 11 is 0. The Morgan fingerprint density at radius 1 is 1.20 bits per heavy atom. The quantitative estimate of drug-likeness (QED) is 0.287. The van der Waals surface area contributed by atoms with Gasteiger partial charge in [0, 0.05) is 52.7 Å². The van der Waals surface area contributed by atoms with E-state index in [9.17, 15) is 18.5 Å². The van der Waals surface area contributed by atoms with Gasteiger partial charge in [0.1, 0.15) is 23.9 Å². The summed E-state index contributed by atoms with van der Waals surface area (Å²) in [5.74, 6) is -1.97. The fourth-order valence-corrected chi connectivity index (χ4v) is 4.87. The number of anilines is 1. The third-order valence-corrected chi connectivity index (χ3v) is 7.89. The van der Waals surface area contributed by atoms with Crippen LogP contribution in [0.2, 0.25) is 0 Å². The molecule has 2 amide bonds. The van der Waals surface area contributed by atoms with E-state index in [1.807, 2.05) is 0 Å². The van der Waals surface area contributed by atoms with Crippen LogP contribution in [-0.2, 0) is 36.4 Å². The van der Waals surface area contributed by atoms with Crippen molar-refractivity contribution in [2.75, 3.05) is 45.8 Å². The first kappa shape index (κ1) is 30.3. The van der Waals surface area contributed by atoms with Crippen LogP contribution in [-0.4, -0.2) is 78.0 Å². The van der Waals surface area contributed by atoms with Crippen LogP contribution in [0.4, 0.5) is 14.6 Å². The van der Waals surface area contributed by atoms with Gasteiger partial charge in [-0.25, -0.2) is 18.3 Å². The van der Waals surface area contributed by atoms with Crippen LogP contribution in [0.1, 0.15) is 22.3 Å². The van der Waals surface area contributed by atoms with Crippen LogP contribution >= 0.6 is 7.82 Å². The van der Waals surface area contributed by atoms with E-state index in [1.165, 1.54) is 27.9 Å². The van der Waals surface area contributed by atoms with Crippen molar-refractivity contribution in [1.29, 1.82) is 0 Å². The summed E-state index contributed by atoms with van der Waals surface area (Å²) in [6, 6.07) is 6.90. The monoisotopic (exact) mass is 592 g/mol. The second-order valence-electron chi connectivity index (χ2n) is 9.25. The number of nitrogens with zero attached hydrogens (tertiary/aromatic N) is 4. The lowest BCUT2D eigenvalue weighted by molar-refractivity contribution is -0.141. The van der Waals surface area contributed by atoms with Gasteiger partial charge in [0.05, 0.1) is 17.8 Å². The number of amides is 2. The third kappa shape index (κ3) is 7.53. The van der Waals surface area contributed by atoms with Crippen molar-refractivity contribution in [3.63, 3.8) is 0 Å². The van der Waals surface area contributed by atoms with E-state index in [0.717, 1.165) is 25.8 Å². The number of aryl methyl sites for hydroxylation is 1. The minimum Gasteiger partial charge on any atom is -0.369 e. The van der Waals surface area contributed by atoms with E-state index >= 15 is 4.39 Å². The smallest absolute Gasteiger partial charge is 0.369 e. The Balaban J connectivity index is 1.44. The van der Waals surface area contributed by atoms with Crippen molar-refractivity contribution in [1.82, 2.24) is 25.0 Å². The van der Waals surface area contributed by atoms with Crippen LogP contribution in [0.3, 0.4) is 0 Å². The number of halogens is 2. The van der Waals surface area contributed by atoms with Gasteiger partial charge >= 0.3 is 7.82 Å². The molecule has 4 rings (SSSR count). The van der Waals surface area contributed by atoms with Crippen LogP contribution in [0.25, 0.3) is 11.3 Å². The van der Waals surface area contributed by atoms with Gasteiger partial charge in [0.25, 0.3) is 5.91 Å². The fraction of sp³-hybridized carbons (Fsp3) is 0.385. The van der Waals surface area contributed by atoms with Crippen molar-refractivity contribution in [3.8, 4) is 11.3 Å². The van der Waals surface area contributed by atoms with Gasteiger partial charge in [-0.1, -0.05) is 12.1 Å². The molecule has 0 spiro atoms. The lowest BCUT2D eigenvalue weighted by Crippen LogP contribution is -2.56. The predicted octanol–water partition coefficient (Wildman–Crippen LogP) is 3.16. The number of aromatic nitrogens is 3. The van der Waals surface area contributed by atoms with Gasteiger partial charge in [-0.05, 0) is 36.6 Å². The maximum absolute atomic E-state index is 15.1. The number of phosphoric ester groups is 1. The maximum atomic E-state index is 15.1. The molecule has 3 aromatic rings. The standard InChI is InChI=1S/C26H31F2N6O6P/c1-33-15-18(13-31-33)24-22(28)12-21(25(32-24)29-9-7-17-5-4-6-19(27)11-17)26(36)30-14-20-8-10-34(20)23(35)16-40-41(37,38-2)39-3/h4-6,11-13,15,20H,7-10,14,16H2,1-3H3,(H,29,32)(H,30,36)/t20-/m1/s1. The number of rotatable bonds is 13. The first-order valence-electron chi connectivity index (χ1n) is 12.7. The molecule has 1 saturated heterocycles. The molecule has 0 saturated carbocycles. The molecule has 0 radical (unpaired) electrons. The van der Waals surface area contributed by atoms with Crippen molar-refractivity contribution in [2.45, 2.75) is 18.9 Å². The zero-order valence-corrected chi connectivity index (χ0v) is 23.7. The van der Waals surface area contributed by atoms with E-state index in [4.69, 9.17) is 4.52 Å². The molecule has 2 N–H and O–H groups in total. The molecule has 41 heavy (non-hydrogen) atoms. The minimum absolute atomic E-state index is 0.0167. The van der Waals surface area contributed by atoms with E-state index in [1.54, 1.807) is 25.4 Å². The normalized spacial score (nSPS) is 15.0. The second kappa shape index (κ2) is 13.3. The first-order chi connectivity index (χ1) is 19.6. The number of hydrogen-bond acceptors (Lipinski definition) is 9. The Hall–Kier alpha value is -3.71. The van der Waals surface area contributed by atoms with Gasteiger partial charge in [-0.3, -0.25) is 27.8 Å². The Kier molecular flexibility index (Phi) is 9.81. The van der Waals surface area contributed by atoms with E-state index in [0.29, 0.717) is 31.5 Å². The topological polar surface area (TPSA) is 137 Å². The lowest BCUT2D eigenvalue weighted by atomic mass is 10.0. The highest BCUT2D eigenvalue weighted by Crippen LogP contribution is 2.47. The van der Waals surface area contributed by atoms with Gasteiger partial charge in [-0.15, -0.1) is 0 Å². The zero-order chi connectivity index (χ0) is 29.6. The third-order valence-electron chi connectivity index (χ3n) is 6.55. The highest BCUT2D eigenvalue weighted by molar-refractivity contribution is 7.48. The van der Waals surface area contributed by atoms with Crippen molar-refractivity contribution in [2.24, 2.45) is 7.05 Å². The number of phosphoric acid groups is 1.